The first kappa shape index (κ1) is 23.3. The molecule has 0 radical (unpaired) electrons. The number of nitrogens with one attached hydrogen (secondary N) is 1. The fraction of sp³-hybridized carbons (Fsp3) is 0.481. The zero-order chi connectivity index (χ0) is 23.1. The van der Waals surface area contributed by atoms with E-state index in [0.29, 0.717) is 44.6 Å². The fourth-order valence-electron chi connectivity index (χ4n) is 4.98. The van der Waals surface area contributed by atoms with Gasteiger partial charge in [0, 0.05) is 25.2 Å². The standard InChI is InChI=1S/C27H33FN2O3/c28-23-11-6-10-22(20-23)25(31)30-17-14-27(15-18-30)13-5-1-2-8-21-9-3-4-12-24(21)33-19-7-16-29-26(27)32/h3-4,6,9-12,20H,1-2,5,7-8,13-19H2,(H,29,32). The highest BCUT2D eigenvalue weighted by atomic mass is 19.1. The smallest absolute Gasteiger partial charge is 0.253 e. The number of carbonyl (C=O) groups is 2. The van der Waals surface area contributed by atoms with Gasteiger partial charge in [0.05, 0.1) is 12.0 Å². The summed E-state index contributed by atoms with van der Waals surface area (Å²) in [4.78, 5) is 27.8. The molecule has 33 heavy (non-hydrogen) atoms. The number of aryl methyl sites for hydroxylation is 1. The zero-order valence-corrected chi connectivity index (χ0v) is 19.2. The normalized spacial score (nSPS) is 19.7. The molecule has 2 aromatic carbocycles. The first-order chi connectivity index (χ1) is 16.1. The van der Waals surface area contributed by atoms with E-state index in [-0.39, 0.29) is 11.8 Å². The molecule has 1 fully saturated rings. The van der Waals surface area contributed by atoms with E-state index in [1.807, 2.05) is 12.1 Å². The predicted molar refractivity (Wildman–Crippen MR) is 126 cm³/mol. The third-order valence-electron chi connectivity index (χ3n) is 7.00. The summed E-state index contributed by atoms with van der Waals surface area (Å²) in [5, 5.41) is 3.13. The van der Waals surface area contributed by atoms with E-state index in [1.54, 1.807) is 17.0 Å². The monoisotopic (exact) mass is 452 g/mol. The fourth-order valence-corrected chi connectivity index (χ4v) is 4.98. The Hall–Kier alpha value is -2.89. The summed E-state index contributed by atoms with van der Waals surface area (Å²) in [6.45, 7) is 2.17. The Morgan fingerprint density at radius 2 is 1.79 bits per heavy atom. The number of hydrogen-bond acceptors (Lipinski definition) is 3. The van der Waals surface area contributed by atoms with E-state index < -0.39 is 11.2 Å². The second-order valence-electron chi connectivity index (χ2n) is 9.21. The third-order valence-corrected chi connectivity index (χ3v) is 7.00. The third kappa shape index (κ3) is 5.73. The zero-order valence-electron chi connectivity index (χ0n) is 19.2. The van der Waals surface area contributed by atoms with Gasteiger partial charge >= 0.3 is 0 Å². The molecule has 1 spiro atoms. The van der Waals surface area contributed by atoms with Gasteiger partial charge in [0.2, 0.25) is 5.91 Å². The second kappa shape index (κ2) is 10.8. The number of ether oxygens (including phenoxy) is 1. The highest BCUT2D eigenvalue weighted by Gasteiger charge is 2.41. The van der Waals surface area contributed by atoms with Crippen LogP contribution in [0.5, 0.6) is 5.75 Å². The summed E-state index contributed by atoms with van der Waals surface area (Å²) in [5.41, 5.74) is 1.17. The van der Waals surface area contributed by atoms with Crippen LogP contribution in [0.25, 0.3) is 0 Å². The van der Waals surface area contributed by atoms with Crippen molar-refractivity contribution in [1.29, 1.82) is 0 Å². The van der Waals surface area contributed by atoms with Crippen molar-refractivity contribution in [1.82, 2.24) is 10.2 Å². The van der Waals surface area contributed by atoms with Crippen molar-refractivity contribution in [2.75, 3.05) is 26.2 Å². The van der Waals surface area contributed by atoms with E-state index >= 15 is 0 Å². The minimum Gasteiger partial charge on any atom is -0.493 e. The average molecular weight is 453 g/mol. The van der Waals surface area contributed by atoms with E-state index in [2.05, 4.69) is 17.4 Å². The molecule has 2 aromatic rings. The molecule has 2 aliphatic rings. The number of carbonyl (C=O) groups excluding carboxylic acids is 2. The van der Waals surface area contributed by atoms with Crippen molar-refractivity contribution in [2.24, 2.45) is 5.41 Å². The van der Waals surface area contributed by atoms with Gasteiger partial charge in [0.25, 0.3) is 5.91 Å². The Morgan fingerprint density at radius 3 is 2.61 bits per heavy atom. The van der Waals surface area contributed by atoms with Gasteiger partial charge in [-0.25, -0.2) is 4.39 Å². The molecule has 2 heterocycles. The number of para-hydroxylation sites is 1. The van der Waals surface area contributed by atoms with Crippen LogP contribution in [0.2, 0.25) is 0 Å². The highest BCUT2D eigenvalue weighted by Crippen LogP contribution is 2.38. The number of fused-ring (bicyclic) bond motifs is 1. The number of rotatable bonds is 1. The van der Waals surface area contributed by atoms with E-state index in [9.17, 15) is 14.0 Å². The number of piperidine rings is 1. The first-order valence-electron chi connectivity index (χ1n) is 12.1. The highest BCUT2D eigenvalue weighted by molar-refractivity contribution is 5.94. The molecule has 1 N–H and O–H groups in total. The summed E-state index contributed by atoms with van der Waals surface area (Å²) in [5.74, 6) is 0.471. The molecular formula is C27H33FN2O3. The van der Waals surface area contributed by atoms with E-state index in [1.165, 1.54) is 17.7 Å². The SMILES string of the molecule is O=C(c1cccc(F)c1)N1CCC2(CCCCCc3ccccc3OCCCNC2=O)CC1. The maximum absolute atomic E-state index is 13.6. The predicted octanol–water partition coefficient (Wildman–Crippen LogP) is 4.75. The largest absolute Gasteiger partial charge is 0.493 e. The molecule has 0 aliphatic carbocycles. The Kier molecular flexibility index (Phi) is 7.63. The van der Waals surface area contributed by atoms with Crippen molar-refractivity contribution in [3.8, 4) is 5.75 Å². The topological polar surface area (TPSA) is 58.6 Å². The van der Waals surface area contributed by atoms with E-state index in [4.69, 9.17) is 4.74 Å². The van der Waals surface area contributed by atoms with Crippen LogP contribution in [0.15, 0.2) is 48.5 Å². The van der Waals surface area contributed by atoms with Gasteiger partial charge in [-0.05, 0) is 68.4 Å². The summed E-state index contributed by atoms with van der Waals surface area (Å²) >= 11 is 0. The minimum atomic E-state index is -0.443. The van der Waals surface area contributed by atoms with Gasteiger partial charge in [-0.3, -0.25) is 9.59 Å². The number of benzene rings is 2. The molecule has 0 atom stereocenters. The lowest BCUT2D eigenvalue weighted by Crippen LogP contribution is -2.50. The lowest BCUT2D eigenvalue weighted by Gasteiger charge is -2.41. The molecule has 0 bridgehead atoms. The number of nitrogens with zero attached hydrogens (tertiary/aromatic N) is 1. The molecule has 0 unspecified atom stereocenters. The van der Waals surface area contributed by atoms with Gasteiger partial charge in [0.1, 0.15) is 11.6 Å². The van der Waals surface area contributed by atoms with Crippen LogP contribution in [0.3, 0.4) is 0 Å². The van der Waals surface area contributed by atoms with Crippen molar-refractivity contribution in [2.45, 2.75) is 51.4 Å². The second-order valence-corrected chi connectivity index (χ2v) is 9.21. The molecule has 0 saturated carbocycles. The van der Waals surface area contributed by atoms with Gasteiger partial charge in [-0.1, -0.05) is 37.1 Å². The molecule has 1 saturated heterocycles. The number of likely N-dealkylation sites (tertiary alicyclic amines) is 1. The Bertz CT molecular complexity index is 969. The maximum atomic E-state index is 13.6. The quantitative estimate of drug-likeness (QED) is 0.679. The molecular weight excluding hydrogens is 419 g/mol. The van der Waals surface area contributed by atoms with Crippen molar-refractivity contribution in [3.05, 3.63) is 65.5 Å². The van der Waals surface area contributed by atoms with Gasteiger partial charge < -0.3 is 15.0 Å². The summed E-state index contributed by atoms with van der Waals surface area (Å²) in [7, 11) is 0. The minimum absolute atomic E-state index is 0.0952. The van der Waals surface area contributed by atoms with Crippen molar-refractivity contribution in [3.63, 3.8) is 0 Å². The van der Waals surface area contributed by atoms with Gasteiger partial charge in [0.15, 0.2) is 0 Å². The van der Waals surface area contributed by atoms with Gasteiger partial charge in [-0.15, -0.1) is 0 Å². The summed E-state index contributed by atoms with van der Waals surface area (Å²) in [6.07, 6.45) is 6.93. The summed E-state index contributed by atoms with van der Waals surface area (Å²) in [6, 6.07) is 14.0. The van der Waals surface area contributed by atoms with Crippen LogP contribution in [-0.2, 0) is 11.2 Å². The van der Waals surface area contributed by atoms with Gasteiger partial charge in [-0.2, -0.15) is 0 Å². The number of hydrogen-bond donors (Lipinski definition) is 1. The average Bonchev–Trinajstić information content (AvgIpc) is 2.84. The lowest BCUT2D eigenvalue weighted by atomic mass is 9.73. The molecule has 2 aliphatic heterocycles. The Morgan fingerprint density at radius 1 is 0.970 bits per heavy atom. The van der Waals surface area contributed by atoms with Crippen molar-refractivity contribution >= 4 is 11.8 Å². The van der Waals surface area contributed by atoms with Crippen molar-refractivity contribution < 1.29 is 18.7 Å². The van der Waals surface area contributed by atoms with Crippen LogP contribution in [0.4, 0.5) is 4.39 Å². The van der Waals surface area contributed by atoms with Crippen LogP contribution in [0.1, 0.15) is 60.9 Å². The number of halogens is 1. The van der Waals surface area contributed by atoms with Crippen LogP contribution in [-0.4, -0.2) is 43.0 Å². The first-order valence-corrected chi connectivity index (χ1v) is 12.1. The van der Waals surface area contributed by atoms with Crippen LogP contribution >= 0.6 is 0 Å². The Labute approximate surface area is 195 Å². The van der Waals surface area contributed by atoms with Crippen LogP contribution < -0.4 is 10.1 Å². The summed E-state index contributed by atoms with van der Waals surface area (Å²) < 4.78 is 19.5. The molecule has 4 rings (SSSR count). The molecule has 6 heteroatoms. The van der Waals surface area contributed by atoms with E-state index in [0.717, 1.165) is 44.3 Å². The van der Waals surface area contributed by atoms with Crippen LogP contribution in [0, 0.1) is 11.2 Å². The molecule has 5 nitrogen and oxygen atoms in total. The Balaban J connectivity index is 1.39. The molecule has 0 aromatic heterocycles. The molecule has 2 amide bonds. The maximum Gasteiger partial charge on any atom is 0.253 e. The lowest BCUT2D eigenvalue weighted by molar-refractivity contribution is -0.134. The number of amides is 2. The molecule has 176 valence electrons.